The smallest absolute Gasteiger partial charge is 0.234 e. The van der Waals surface area contributed by atoms with E-state index in [-0.39, 0.29) is 17.4 Å². The minimum Gasteiger partial charge on any atom is -0.384 e. The second kappa shape index (κ2) is 6.90. The summed E-state index contributed by atoms with van der Waals surface area (Å²) >= 11 is 1.37. The van der Waals surface area contributed by atoms with Gasteiger partial charge in [0, 0.05) is 22.3 Å². The topological polar surface area (TPSA) is 85.1 Å². The molecular formula is C15H15N3O2S. The normalized spacial score (nSPS) is 10.1. The molecule has 1 aromatic carbocycles. The molecule has 21 heavy (non-hydrogen) atoms. The first kappa shape index (κ1) is 15.1. The maximum atomic E-state index is 11.9. The number of amides is 1. The molecule has 0 aliphatic rings. The fraction of sp³-hybridized carbons (Fsp3) is 0.133. The van der Waals surface area contributed by atoms with Crippen molar-refractivity contribution in [1.29, 1.82) is 0 Å². The van der Waals surface area contributed by atoms with Gasteiger partial charge in [0.25, 0.3) is 0 Å². The van der Waals surface area contributed by atoms with E-state index in [1.165, 1.54) is 18.7 Å². The molecule has 1 heterocycles. The van der Waals surface area contributed by atoms with Crippen LogP contribution in [0, 0.1) is 0 Å². The van der Waals surface area contributed by atoms with Gasteiger partial charge in [0.15, 0.2) is 5.78 Å². The molecule has 108 valence electrons. The summed E-state index contributed by atoms with van der Waals surface area (Å²) < 4.78 is 0. The minimum atomic E-state index is -0.141. The van der Waals surface area contributed by atoms with Gasteiger partial charge in [-0.2, -0.15) is 0 Å². The lowest BCUT2D eigenvalue weighted by molar-refractivity contribution is -0.113. The average Bonchev–Trinajstić information content (AvgIpc) is 2.47. The molecule has 3 N–H and O–H groups in total. The molecule has 1 amide bonds. The SMILES string of the molecule is CC(=O)c1cccc(NC(=O)CSc2ccc(N)nc2)c1. The number of rotatable bonds is 5. The number of thioether (sulfide) groups is 1. The van der Waals surface area contributed by atoms with Gasteiger partial charge in [-0.25, -0.2) is 4.98 Å². The summed E-state index contributed by atoms with van der Waals surface area (Å²) in [5.74, 6) is 0.534. The summed E-state index contributed by atoms with van der Waals surface area (Å²) in [6.07, 6.45) is 1.63. The number of benzene rings is 1. The van der Waals surface area contributed by atoms with Crippen molar-refractivity contribution in [2.75, 3.05) is 16.8 Å². The highest BCUT2D eigenvalue weighted by Crippen LogP contribution is 2.18. The Labute approximate surface area is 127 Å². The molecule has 0 fully saturated rings. The number of pyridine rings is 1. The van der Waals surface area contributed by atoms with Crippen LogP contribution < -0.4 is 11.1 Å². The minimum absolute atomic E-state index is 0.0339. The molecule has 0 saturated carbocycles. The molecule has 6 heteroatoms. The highest BCUT2D eigenvalue weighted by molar-refractivity contribution is 8.00. The summed E-state index contributed by atoms with van der Waals surface area (Å²) in [7, 11) is 0. The number of carbonyl (C=O) groups excluding carboxylic acids is 2. The molecule has 0 bridgehead atoms. The molecule has 0 atom stereocenters. The lowest BCUT2D eigenvalue weighted by Gasteiger charge is -2.06. The fourth-order valence-corrected chi connectivity index (χ4v) is 2.30. The first-order valence-electron chi connectivity index (χ1n) is 6.30. The number of ketones is 1. The molecular weight excluding hydrogens is 286 g/mol. The molecule has 0 spiro atoms. The van der Waals surface area contributed by atoms with E-state index in [4.69, 9.17) is 5.73 Å². The van der Waals surface area contributed by atoms with Crippen LogP contribution >= 0.6 is 11.8 Å². The van der Waals surface area contributed by atoms with Gasteiger partial charge < -0.3 is 11.1 Å². The predicted octanol–water partition coefficient (Wildman–Crippen LogP) is 2.60. The van der Waals surface area contributed by atoms with Crippen LogP contribution in [0.2, 0.25) is 0 Å². The average molecular weight is 301 g/mol. The van der Waals surface area contributed by atoms with E-state index in [0.29, 0.717) is 17.1 Å². The molecule has 0 radical (unpaired) electrons. The van der Waals surface area contributed by atoms with Crippen molar-refractivity contribution in [2.24, 2.45) is 0 Å². The highest BCUT2D eigenvalue weighted by Gasteiger charge is 2.06. The third kappa shape index (κ3) is 4.61. The van der Waals surface area contributed by atoms with Gasteiger partial charge in [-0.05, 0) is 31.2 Å². The largest absolute Gasteiger partial charge is 0.384 e. The van der Waals surface area contributed by atoms with E-state index in [2.05, 4.69) is 10.3 Å². The molecule has 2 rings (SSSR count). The maximum Gasteiger partial charge on any atom is 0.234 e. The van der Waals surface area contributed by atoms with Crippen LogP contribution in [0.25, 0.3) is 0 Å². The summed E-state index contributed by atoms with van der Waals surface area (Å²) in [5, 5.41) is 2.76. The summed E-state index contributed by atoms with van der Waals surface area (Å²) in [6.45, 7) is 1.49. The van der Waals surface area contributed by atoms with Gasteiger partial charge in [-0.15, -0.1) is 11.8 Å². The summed E-state index contributed by atoms with van der Waals surface area (Å²) in [5.41, 5.74) is 6.68. The maximum absolute atomic E-state index is 11.9. The van der Waals surface area contributed by atoms with Crippen LogP contribution in [0.5, 0.6) is 0 Å². The van der Waals surface area contributed by atoms with Gasteiger partial charge in [-0.3, -0.25) is 9.59 Å². The zero-order chi connectivity index (χ0) is 15.2. The second-order valence-corrected chi connectivity index (χ2v) is 5.44. The molecule has 0 saturated heterocycles. The Bertz CT molecular complexity index is 656. The molecule has 0 unspecified atom stereocenters. The Balaban J connectivity index is 1.91. The van der Waals surface area contributed by atoms with Gasteiger partial charge >= 0.3 is 0 Å². The molecule has 2 aromatic rings. The Morgan fingerprint density at radius 2 is 2.10 bits per heavy atom. The number of Topliss-reactive ketones (excluding diaryl/α,β-unsaturated/α-hetero) is 1. The zero-order valence-corrected chi connectivity index (χ0v) is 12.3. The van der Waals surface area contributed by atoms with E-state index < -0.39 is 0 Å². The van der Waals surface area contributed by atoms with E-state index >= 15 is 0 Å². The number of anilines is 2. The fourth-order valence-electron chi connectivity index (χ4n) is 1.64. The third-order valence-corrected chi connectivity index (χ3v) is 3.66. The Morgan fingerprint density at radius 1 is 1.29 bits per heavy atom. The monoisotopic (exact) mass is 301 g/mol. The number of nitrogens with two attached hydrogens (primary N) is 1. The lowest BCUT2D eigenvalue weighted by atomic mass is 10.1. The van der Waals surface area contributed by atoms with Crippen molar-refractivity contribution in [3.63, 3.8) is 0 Å². The Morgan fingerprint density at radius 3 is 2.76 bits per heavy atom. The lowest BCUT2D eigenvalue weighted by Crippen LogP contribution is -2.14. The first-order chi connectivity index (χ1) is 10.0. The van der Waals surface area contributed by atoms with Gasteiger partial charge in [0.1, 0.15) is 5.82 Å². The first-order valence-corrected chi connectivity index (χ1v) is 7.28. The third-order valence-electron chi connectivity index (χ3n) is 2.68. The molecule has 1 aromatic heterocycles. The van der Waals surface area contributed by atoms with E-state index in [0.717, 1.165) is 4.90 Å². The number of nitrogens with zero attached hydrogens (tertiary/aromatic N) is 1. The van der Waals surface area contributed by atoms with Gasteiger partial charge in [0.05, 0.1) is 5.75 Å². The van der Waals surface area contributed by atoms with E-state index in [9.17, 15) is 9.59 Å². The molecule has 0 aliphatic heterocycles. The predicted molar refractivity (Wildman–Crippen MR) is 84.4 cm³/mol. The summed E-state index contributed by atoms with van der Waals surface area (Å²) in [4.78, 5) is 28.0. The van der Waals surface area contributed by atoms with Crippen LogP contribution in [0.15, 0.2) is 47.5 Å². The van der Waals surface area contributed by atoms with Crippen molar-refractivity contribution < 1.29 is 9.59 Å². The second-order valence-electron chi connectivity index (χ2n) is 4.39. The van der Waals surface area contributed by atoms with Crippen molar-refractivity contribution in [3.05, 3.63) is 48.2 Å². The van der Waals surface area contributed by atoms with Crippen LogP contribution in [0.4, 0.5) is 11.5 Å². The number of hydrogen-bond donors (Lipinski definition) is 2. The van der Waals surface area contributed by atoms with Crippen molar-refractivity contribution in [1.82, 2.24) is 4.98 Å². The number of aromatic nitrogens is 1. The number of carbonyl (C=O) groups is 2. The summed E-state index contributed by atoms with van der Waals surface area (Å²) in [6, 6.07) is 10.4. The van der Waals surface area contributed by atoms with E-state index in [1.54, 1.807) is 36.5 Å². The number of hydrogen-bond acceptors (Lipinski definition) is 5. The van der Waals surface area contributed by atoms with Crippen molar-refractivity contribution in [2.45, 2.75) is 11.8 Å². The standard InChI is InChI=1S/C15H15N3O2S/c1-10(19)11-3-2-4-12(7-11)18-15(20)9-21-13-5-6-14(16)17-8-13/h2-8H,9H2,1H3,(H2,16,17)(H,18,20). The zero-order valence-electron chi connectivity index (χ0n) is 11.5. The Kier molecular flexibility index (Phi) is 4.94. The van der Waals surface area contributed by atoms with Crippen LogP contribution in [-0.4, -0.2) is 22.4 Å². The van der Waals surface area contributed by atoms with Crippen molar-refractivity contribution in [3.8, 4) is 0 Å². The van der Waals surface area contributed by atoms with E-state index in [1.807, 2.05) is 6.07 Å². The molecule has 5 nitrogen and oxygen atoms in total. The quantitative estimate of drug-likeness (QED) is 0.655. The van der Waals surface area contributed by atoms with Crippen molar-refractivity contribution >= 4 is 35.0 Å². The van der Waals surface area contributed by atoms with Crippen LogP contribution in [0.1, 0.15) is 17.3 Å². The Hall–Kier alpha value is -2.34. The highest BCUT2D eigenvalue weighted by atomic mass is 32.2. The number of nitrogens with one attached hydrogen (secondary N) is 1. The number of nitrogen functional groups attached to an aromatic ring is 1. The van der Waals surface area contributed by atoms with Gasteiger partial charge in [0.2, 0.25) is 5.91 Å². The van der Waals surface area contributed by atoms with Crippen LogP contribution in [-0.2, 0) is 4.79 Å². The molecule has 0 aliphatic carbocycles. The van der Waals surface area contributed by atoms with Gasteiger partial charge in [-0.1, -0.05) is 12.1 Å². The van der Waals surface area contributed by atoms with Crippen LogP contribution in [0.3, 0.4) is 0 Å².